The molecule has 2 unspecified atom stereocenters. The lowest BCUT2D eigenvalue weighted by atomic mass is 10.0. The zero-order valence-electron chi connectivity index (χ0n) is 9.93. The van der Waals surface area contributed by atoms with Crippen molar-refractivity contribution in [3.05, 3.63) is 28.8 Å². The molecule has 0 saturated carbocycles. The Morgan fingerprint density at radius 3 is 2.89 bits per heavy atom. The van der Waals surface area contributed by atoms with Crippen molar-refractivity contribution in [1.29, 1.82) is 5.26 Å². The topological polar surface area (TPSA) is 64.3 Å². The molecule has 0 aromatic heterocycles. The molecule has 2 atom stereocenters. The third-order valence-corrected chi connectivity index (χ3v) is 3.80. The maximum atomic E-state index is 11.1. The van der Waals surface area contributed by atoms with Crippen LogP contribution < -0.4 is 4.90 Å². The Morgan fingerprint density at radius 1 is 1.61 bits per heavy atom. The molecule has 1 aliphatic rings. The van der Waals surface area contributed by atoms with Gasteiger partial charge in [0.05, 0.1) is 22.2 Å². The molecule has 4 nitrogen and oxygen atoms in total. The lowest BCUT2D eigenvalue weighted by Crippen LogP contribution is -2.33. The number of rotatable bonds is 2. The first-order chi connectivity index (χ1) is 8.56. The number of benzene rings is 1. The van der Waals surface area contributed by atoms with Crippen molar-refractivity contribution < 1.29 is 9.90 Å². The summed E-state index contributed by atoms with van der Waals surface area (Å²) in [5, 5.41) is 18.7. The van der Waals surface area contributed by atoms with Crippen LogP contribution >= 0.6 is 11.6 Å². The van der Waals surface area contributed by atoms with Crippen LogP contribution in [-0.2, 0) is 4.79 Å². The Labute approximate surface area is 110 Å². The maximum absolute atomic E-state index is 11.1. The fourth-order valence-electron chi connectivity index (χ4n) is 2.47. The highest BCUT2D eigenvalue weighted by Crippen LogP contribution is 2.34. The van der Waals surface area contributed by atoms with Gasteiger partial charge in [-0.3, -0.25) is 4.79 Å². The Hall–Kier alpha value is -1.73. The van der Waals surface area contributed by atoms with Crippen LogP contribution in [0.3, 0.4) is 0 Å². The van der Waals surface area contributed by atoms with Gasteiger partial charge in [-0.2, -0.15) is 5.26 Å². The van der Waals surface area contributed by atoms with E-state index in [0.29, 0.717) is 23.6 Å². The Balaban J connectivity index is 2.37. The zero-order valence-corrected chi connectivity index (χ0v) is 10.7. The smallest absolute Gasteiger partial charge is 0.308 e. The van der Waals surface area contributed by atoms with Crippen molar-refractivity contribution in [2.45, 2.75) is 19.4 Å². The fraction of sp³-hybridized carbons (Fsp3) is 0.385. The molecule has 1 fully saturated rings. The van der Waals surface area contributed by atoms with Gasteiger partial charge in [-0.1, -0.05) is 17.7 Å². The number of nitriles is 1. The van der Waals surface area contributed by atoms with Crippen molar-refractivity contribution in [3.63, 3.8) is 0 Å². The van der Waals surface area contributed by atoms with E-state index in [9.17, 15) is 4.79 Å². The van der Waals surface area contributed by atoms with E-state index < -0.39 is 11.9 Å². The van der Waals surface area contributed by atoms with Crippen molar-refractivity contribution in [2.24, 2.45) is 5.92 Å². The van der Waals surface area contributed by atoms with E-state index in [1.54, 1.807) is 12.1 Å². The van der Waals surface area contributed by atoms with Gasteiger partial charge in [0.15, 0.2) is 0 Å². The molecule has 5 heteroatoms. The summed E-state index contributed by atoms with van der Waals surface area (Å²) in [6.45, 7) is 2.50. The van der Waals surface area contributed by atoms with Gasteiger partial charge in [-0.15, -0.1) is 0 Å². The van der Waals surface area contributed by atoms with Crippen molar-refractivity contribution in [2.75, 3.05) is 11.4 Å². The quantitative estimate of drug-likeness (QED) is 0.891. The number of carbonyl (C=O) groups is 1. The SMILES string of the molecule is CC1C(C(=O)O)CCN1c1cccc(Cl)c1C#N. The average molecular weight is 265 g/mol. The van der Waals surface area contributed by atoms with E-state index in [1.165, 1.54) is 0 Å². The van der Waals surface area contributed by atoms with Crippen LogP contribution in [0.2, 0.25) is 5.02 Å². The highest BCUT2D eigenvalue weighted by molar-refractivity contribution is 6.32. The van der Waals surface area contributed by atoms with Gasteiger partial charge >= 0.3 is 5.97 Å². The molecule has 1 saturated heterocycles. The molecular formula is C13H13ClN2O2. The Morgan fingerprint density at radius 2 is 2.33 bits per heavy atom. The lowest BCUT2D eigenvalue weighted by molar-refractivity contribution is -0.141. The lowest BCUT2D eigenvalue weighted by Gasteiger charge is -2.26. The predicted molar refractivity (Wildman–Crippen MR) is 68.7 cm³/mol. The summed E-state index contributed by atoms with van der Waals surface area (Å²) < 4.78 is 0. The molecular weight excluding hydrogens is 252 g/mol. The van der Waals surface area contributed by atoms with Crippen LogP contribution in [0.25, 0.3) is 0 Å². The molecule has 0 spiro atoms. The van der Waals surface area contributed by atoms with Gasteiger partial charge in [-0.25, -0.2) is 0 Å². The highest BCUT2D eigenvalue weighted by Gasteiger charge is 2.36. The van der Waals surface area contributed by atoms with Gasteiger partial charge in [0.25, 0.3) is 0 Å². The fourth-order valence-corrected chi connectivity index (χ4v) is 2.68. The summed E-state index contributed by atoms with van der Waals surface area (Å²) in [6.07, 6.45) is 0.591. The third kappa shape index (κ3) is 2.02. The second-order valence-electron chi connectivity index (χ2n) is 4.41. The van der Waals surface area contributed by atoms with E-state index in [1.807, 2.05) is 17.9 Å². The first-order valence-corrected chi connectivity index (χ1v) is 6.12. The summed E-state index contributed by atoms with van der Waals surface area (Å²) in [5.41, 5.74) is 1.14. The number of halogens is 1. The summed E-state index contributed by atoms with van der Waals surface area (Å²) in [5.74, 6) is -1.18. The molecule has 0 bridgehead atoms. The van der Waals surface area contributed by atoms with Crippen molar-refractivity contribution in [3.8, 4) is 6.07 Å². The number of carboxylic acid groups (broad SMARTS) is 1. The normalized spacial score (nSPS) is 22.8. The van der Waals surface area contributed by atoms with E-state index in [0.717, 1.165) is 5.69 Å². The van der Waals surface area contributed by atoms with E-state index in [2.05, 4.69) is 6.07 Å². The van der Waals surface area contributed by atoms with Crippen LogP contribution in [0, 0.1) is 17.2 Å². The minimum Gasteiger partial charge on any atom is -0.481 e. The Kier molecular flexibility index (Phi) is 3.44. The average Bonchev–Trinajstić information content (AvgIpc) is 2.70. The Bertz CT molecular complexity index is 524. The number of hydrogen-bond acceptors (Lipinski definition) is 3. The van der Waals surface area contributed by atoms with Gasteiger partial charge in [0.2, 0.25) is 0 Å². The molecule has 1 aromatic rings. The minimum atomic E-state index is -0.787. The first-order valence-electron chi connectivity index (χ1n) is 5.74. The van der Waals surface area contributed by atoms with Crippen molar-refractivity contribution in [1.82, 2.24) is 0 Å². The molecule has 1 aromatic carbocycles. The van der Waals surface area contributed by atoms with E-state index in [4.69, 9.17) is 22.0 Å². The molecule has 94 valence electrons. The maximum Gasteiger partial charge on any atom is 0.308 e. The zero-order chi connectivity index (χ0) is 13.3. The van der Waals surface area contributed by atoms with Gasteiger partial charge in [0, 0.05) is 12.6 Å². The van der Waals surface area contributed by atoms with Crippen molar-refractivity contribution >= 4 is 23.3 Å². The van der Waals surface area contributed by atoms with E-state index >= 15 is 0 Å². The second-order valence-corrected chi connectivity index (χ2v) is 4.82. The molecule has 0 aliphatic carbocycles. The van der Waals surface area contributed by atoms with Gasteiger partial charge in [0.1, 0.15) is 6.07 Å². The number of anilines is 1. The highest BCUT2D eigenvalue weighted by atomic mass is 35.5. The number of nitrogens with zero attached hydrogens (tertiary/aromatic N) is 2. The molecule has 2 rings (SSSR count). The predicted octanol–water partition coefficient (Wildman–Crippen LogP) is 2.51. The summed E-state index contributed by atoms with van der Waals surface area (Å²) >= 11 is 5.99. The summed E-state index contributed by atoms with van der Waals surface area (Å²) in [4.78, 5) is 13.0. The summed E-state index contributed by atoms with van der Waals surface area (Å²) in [7, 11) is 0. The largest absolute Gasteiger partial charge is 0.481 e. The van der Waals surface area contributed by atoms with Crippen LogP contribution in [0.1, 0.15) is 18.9 Å². The van der Waals surface area contributed by atoms with E-state index in [-0.39, 0.29) is 6.04 Å². The molecule has 0 amide bonds. The number of aliphatic carboxylic acids is 1. The second kappa shape index (κ2) is 4.87. The number of carboxylic acids is 1. The van der Waals surface area contributed by atoms with Crippen LogP contribution in [0.15, 0.2) is 18.2 Å². The van der Waals surface area contributed by atoms with Crippen LogP contribution in [-0.4, -0.2) is 23.7 Å². The standard InChI is InChI=1S/C13H13ClN2O2/c1-8-9(13(17)18)5-6-16(8)12-4-2-3-11(14)10(12)7-15/h2-4,8-9H,5-6H2,1H3,(H,17,18). The summed E-state index contributed by atoms with van der Waals surface area (Å²) in [6, 6.07) is 7.21. The molecule has 1 heterocycles. The molecule has 0 radical (unpaired) electrons. The molecule has 18 heavy (non-hydrogen) atoms. The van der Waals surface area contributed by atoms with Crippen LogP contribution in [0.4, 0.5) is 5.69 Å². The minimum absolute atomic E-state index is 0.131. The van der Waals surface area contributed by atoms with Crippen LogP contribution in [0.5, 0.6) is 0 Å². The first kappa shape index (κ1) is 12.7. The van der Waals surface area contributed by atoms with Gasteiger partial charge < -0.3 is 10.0 Å². The van der Waals surface area contributed by atoms with Gasteiger partial charge in [-0.05, 0) is 25.5 Å². The monoisotopic (exact) mass is 264 g/mol. The third-order valence-electron chi connectivity index (χ3n) is 3.48. The molecule has 1 aliphatic heterocycles. The number of hydrogen-bond donors (Lipinski definition) is 1. The molecule has 1 N–H and O–H groups in total.